The monoisotopic (exact) mass is 752 g/mol. The van der Waals surface area contributed by atoms with Crippen LogP contribution >= 0.6 is 0 Å². The maximum absolute atomic E-state index is 13.6. The van der Waals surface area contributed by atoms with Crippen molar-refractivity contribution in [2.24, 2.45) is 46.3 Å². The van der Waals surface area contributed by atoms with Gasteiger partial charge in [-0.25, -0.2) is 9.42 Å². The summed E-state index contributed by atoms with van der Waals surface area (Å²) in [4.78, 5) is 50.8. The number of carboxylic acid groups (broad SMARTS) is 1. The van der Waals surface area contributed by atoms with Crippen LogP contribution in [0.1, 0.15) is 104 Å². The molecule has 5 N–H and O–H groups in total. The number of hydrogen-bond acceptors (Lipinski definition) is 11. The molecule has 0 spiro atoms. The topological polar surface area (TPSA) is 221 Å². The maximum atomic E-state index is 13.6. The van der Waals surface area contributed by atoms with E-state index in [1.165, 1.54) is 17.0 Å². The van der Waals surface area contributed by atoms with Crippen molar-refractivity contribution in [3.05, 3.63) is 22.2 Å². The number of benzene rings is 1. The molecule has 1 aromatic carbocycles. The minimum absolute atomic E-state index is 0.0316. The first-order valence-corrected chi connectivity index (χ1v) is 20.0. The number of rotatable bonds is 12. The molecule has 54 heavy (non-hydrogen) atoms. The van der Waals surface area contributed by atoms with E-state index in [9.17, 15) is 39.8 Å². The van der Waals surface area contributed by atoms with Crippen LogP contribution in [0.25, 0.3) is 11.0 Å². The van der Waals surface area contributed by atoms with Gasteiger partial charge in [-0.05, 0) is 127 Å². The van der Waals surface area contributed by atoms with Crippen LogP contribution in [0.4, 0.5) is 11.4 Å². The number of carbonyl (C=O) groups excluding carboxylic acids is 2. The van der Waals surface area contributed by atoms with Crippen LogP contribution in [0.5, 0.6) is 0 Å². The van der Waals surface area contributed by atoms with Gasteiger partial charge in [-0.1, -0.05) is 20.8 Å². The van der Waals surface area contributed by atoms with Crippen LogP contribution in [-0.2, 0) is 14.4 Å². The SMILES string of the molecule is C[C@H](CCC(=O)N1C[C@@H](NC(=O)CCCNc2ccc([N+](=O)[O-])c3nonc23)C[C@H]1C(=O)O)[C@H]1CCC2C3C(O)CC4C[C@H](O)CC[C@]4(C)C3CC[C@@]21C. The molecule has 1 saturated heterocycles. The van der Waals surface area contributed by atoms with E-state index in [-0.39, 0.29) is 89.2 Å². The predicted octanol–water partition coefficient (Wildman–Crippen LogP) is 4.90. The molecule has 15 nitrogen and oxygen atoms in total. The van der Waals surface area contributed by atoms with Gasteiger partial charge in [0.25, 0.3) is 0 Å². The van der Waals surface area contributed by atoms with E-state index < -0.39 is 23.0 Å². The van der Waals surface area contributed by atoms with E-state index in [1.807, 2.05) is 0 Å². The lowest BCUT2D eigenvalue weighted by Gasteiger charge is -2.62. The largest absolute Gasteiger partial charge is 0.480 e. The fraction of sp³-hybridized carbons (Fsp3) is 0.769. The lowest BCUT2D eigenvalue weighted by Crippen LogP contribution is -2.58. The zero-order valence-electron chi connectivity index (χ0n) is 31.6. The highest BCUT2D eigenvalue weighted by molar-refractivity contribution is 5.93. The first-order valence-electron chi connectivity index (χ1n) is 20.0. The number of non-ortho nitro benzene ring substituents is 1. The Morgan fingerprint density at radius 3 is 2.52 bits per heavy atom. The average molecular weight is 753 g/mol. The number of carbonyl (C=O) groups is 3. The van der Waals surface area contributed by atoms with E-state index in [0.717, 1.165) is 51.4 Å². The minimum atomic E-state index is -1.08. The Balaban J connectivity index is 0.892. The second kappa shape index (κ2) is 15.0. The van der Waals surface area contributed by atoms with Crippen LogP contribution in [0.2, 0.25) is 0 Å². The highest BCUT2D eigenvalue weighted by atomic mass is 16.6. The van der Waals surface area contributed by atoms with E-state index >= 15 is 0 Å². The highest BCUT2D eigenvalue weighted by Crippen LogP contribution is 2.68. The molecular formula is C39H56N6O9. The minimum Gasteiger partial charge on any atom is -0.480 e. The molecule has 0 radical (unpaired) electrons. The van der Waals surface area contributed by atoms with Crippen LogP contribution in [-0.4, -0.2) is 90.6 Å². The summed E-state index contributed by atoms with van der Waals surface area (Å²) in [5.74, 6) is 0.748. The van der Waals surface area contributed by atoms with Crippen molar-refractivity contribution < 1.29 is 39.3 Å². The molecule has 1 aromatic heterocycles. The molecule has 4 saturated carbocycles. The van der Waals surface area contributed by atoms with Crippen molar-refractivity contribution in [1.29, 1.82) is 0 Å². The number of carboxylic acids is 1. The quantitative estimate of drug-likeness (QED) is 0.111. The first-order chi connectivity index (χ1) is 25.7. The number of amides is 2. The van der Waals surface area contributed by atoms with Crippen LogP contribution in [0, 0.1) is 56.5 Å². The van der Waals surface area contributed by atoms with Gasteiger partial charge in [0.15, 0.2) is 5.52 Å². The number of aliphatic hydroxyl groups is 2. The van der Waals surface area contributed by atoms with Crippen LogP contribution in [0.15, 0.2) is 16.8 Å². The lowest BCUT2D eigenvalue weighted by molar-refractivity contribution is -0.383. The number of nitro benzene ring substituents is 1. The van der Waals surface area contributed by atoms with Crippen molar-refractivity contribution in [2.45, 2.75) is 129 Å². The first kappa shape index (κ1) is 38.4. The fourth-order valence-electron chi connectivity index (χ4n) is 12.2. The van der Waals surface area contributed by atoms with Crippen LogP contribution in [0.3, 0.4) is 0 Å². The number of nitro groups is 1. The Kier molecular flexibility index (Phi) is 10.7. The molecule has 5 unspecified atom stereocenters. The van der Waals surface area contributed by atoms with Gasteiger partial charge in [-0.15, -0.1) is 0 Å². The van der Waals surface area contributed by atoms with Crippen molar-refractivity contribution in [3.63, 3.8) is 0 Å². The second-order valence-electron chi connectivity index (χ2n) is 17.8. The Morgan fingerprint density at radius 2 is 1.76 bits per heavy atom. The Labute approximate surface area is 315 Å². The normalized spacial score (nSPS) is 36.5. The molecule has 296 valence electrons. The molecule has 5 aliphatic rings. The summed E-state index contributed by atoms with van der Waals surface area (Å²) in [6.45, 7) is 7.59. The number of aliphatic carboxylic acids is 1. The number of anilines is 1. The number of nitrogens with one attached hydrogen (secondary N) is 2. The van der Waals surface area contributed by atoms with Gasteiger partial charge in [-0.3, -0.25) is 19.7 Å². The number of fused-ring (bicyclic) bond motifs is 6. The molecule has 2 aromatic rings. The summed E-state index contributed by atoms with van der Waals surface area (Å²) in [5, 5.41) is 56.6. The molecule has 12 atom stereocenters. The smallest absolute Gasteiger partial charge is 0.326 e. The van der Waals surface area contributed by atoms with Crippen molar-refractivity contribution >= 4 is 40.2 Å². The summed E-state index contributed by atoms with van der Waals surface area (Å²) < 4.78 is 4.69. The van der Waals surface area contributed by atoms with E-state index in [0.29, 0.717) is 48.7 Å². The maximum Gasteiger partial charge on any atom is 0.326 e. The van der Waals surface area contributed by atoms with Crippen molar-refractivity contribution in [1.82, 2.24) is 20.5 Å². The zero-order valence-corrected chi connectivity index (χ0v) is 31.6. The summed E-state index contributed by atoms with van der Waals surface area (Å²) in [7, 11) is 0. The van der Waals surface area contributed by atoms with Gasteiger partial charge in [-0.2, -0.15) is 0 Å². The molecule has 2 amide bonds. The van der Waals surface area contributed by atoms with Crippen LogP contribution < -0.4 is 10.6 Å². The van der Waals surface area contributed by atoms with Crippen molar-refractivity contribution in [2.75, 3.05) is 18.4 Å². The molecule has 2 heterocycles. The number of aliphatic hydroxyl groups excluding tert-OH is 2. The summed E-state index contributed by atoms with van der Waals surface area (Å²) in [5.41, 5.74) is 0.791. The number of aromatic nitrogens is 2. The third-order valence-corrected chi connectivity index (χ3v) is 15.0. The fourth-order valence-corrected chi connectivity index (χ4v) is 12.2. The summed E-state index contributed by atoms with van der Waals surface area (Å²) in [6.07, 6.45) is 8.91. The Bertz CT molecular complexity index is 1750. The van der Waals surface area contributed by atoms with Gasteiger partial charge >= 0.3 is 11.7 Å². The highest BCUT2D eigenvalue weighted by Gasteiger charge is 2.63. The van der Waals surface area contributed by atoms with E-state index in [1.54, 1.807) is 0 Å². The zero-order chi connectivity index (χ0) is 38.5. The van der Waals surface area contributed by atoms with Gasteiger partial charge in [0, 0.05) is 44.5 Å². The molecule has 0 bridgehead atoms. The second-order valence-corrected chi connectivity index (χ2v) is 17.8. The molecule has 7 rings (SSSR count). The van der Waals surface area contributed by atoms with E-state index in [4.69, 9.17) is 0 Å². The summed E-state index contributed by atoms with van der Waals surface area (Å²) >= 11 is 0. The molecule has 5 fully saturated rings. The van der Waals surface area contributed by atoms with Gasteiger partial charge in [0.2, 0.25) is 17.3 Å². The third kappa shape index (κ3) is 6.94. The molecular weight excluding hydrogens is 696 g/mol. The Hall–Kier alpha value is -3.85. The number of hydrogen-bond donors (Lipinski definition) is 5. The standard InChI is InChI=1S/C39H56N6O9/c1-21(25-7-8-26-34-27(13-15-39(25,26)3)38(2)14-12-24(46)17-22(38)18-31(34)47)6-11-33(49)44-20-23(19-30(44)37(50)51)41-32(48)5-4-16-40-28-9-10-29(45(52)53)36-35(28)42-54-43-36/h9-10,21-27,30-31,34,40,46-47H,4-8,11-20H2,1-3H3,(H,41,48)(H,50,51)/t21-,22?,23+,24-,25-,26?,27?,30+,31?,34?,38+,39-/m1/s1. The van der Waals surface area contributed by atoms with Gasteiger partial charge in [0.1, 0.15) is 6.04 Å². The summed E-state index contributed by atoms with van der Waals surface area (Å²) in [6, 6.07) is 1.36. The number of nitrogens with zero attached hydrogens (tertiary/aromatic N) is 4. The molecule has 15 heteroatoms. The van der Waals surface area contributed by atoms with Crippen molar-refractivity contribution in [3.8, 4) is 0 Å². The third-order valence-electron chi connectivity index (χ3n) is 15.0. The lowest BCUT2D eigenvalue weighted by atomic mass is 9.43. The van der Waals surface area contributed by atoms with Gasteiger partial charge in [0.05, 0.1) is 22.8 Å². The average Bonchev–Trinajstić information content (AvgIpc) is 3.87. The van der Waals surface area contributed by atoms with E-state index in [2.05, 4.69) is 46.3 Å². The Morgan fingerprint density at radius 1 is 1.02 bits per heavy atom. The van der Waals surface area contributed by atoms with Gasteiger partial charge < -0.3 is 30.9 Å². The predicted molar refractivity (Wildman–Crippen MR) is 197 cm³/mol. The molecule has 1 aliphatic heterocycles. The molecule has 4 aliphatic carbocycles. The number of likely N-dealkylation sites (tertiary alicyclic amines) is 1.